The molecular weight excluding hydrogens is 1300 g/mol. The number of hydrogen-bond donors (Lipinski definition) is 12. The summed E-state index contributed by atoms with van der Waals surface area (Å²) in [5.74, 6) is -12.4. The van der Waals surface area contributed by atoms with Crippen LogP contribution in [0.4, 0.5) is 16.3 Å². The van der Waals surface area contributed by atoms with Crippen molar-refractivity contribution in [2.24, 2.45) is 24.6 Å². The standard InChI is InChI=1S/C25H27N9O8S2.C22H24N2O8.C10H11N3O3S.H2O/c1-3-32-8-9-33(21(39)20(32)38)24(42)27-15(12-4-6-14(35)7-5-12)18(36)26-16-19(37)34-17(23(40)41)13(10-43-22(16)34)11-44-25-28-29-30-31(25)2;1-7-8-5-4-6-9(25)11(8)16(26)12-10(7)17(27)14-15(24(2)3)18(28)13(21(23)31)20(30)22(14,32)19(12)29;1-7-6-10(12-16-7)13-17(14,15)9-4-2-8(11)3-5-9;/h4-7,15-16,22,35H,3,8-11H2,1-2H3,(H,26,36)(H,27,42)(H,40,41);4-7,10,14-15,17,25,27-29,32H,1-3H3,(H2,23,31);2-6H,11H2,1H3,(H,12,13);1H2/t15-,16-,22-;7-,10+,14+,15-,17-,22-;;/m10../s1. The van der Waals surface area contributed by atoms with E-state index in [2.05, 4.69) is 36.0 Å². The Labute approximate surface area is 541 Å². The Bertz CT molecular complexity index is 4120. The molecule has 0 radical (unpaired) electrons. The number of primary amides is 1. The maximum absolute atomic E-state index is 13.6. The molecule has 34 nitrogen and oxygen atoms in total. The van der Waals surface area contributed by atoms with Gasteiger partial charge < -0.3 is 72.7 Å². The number of carboxylic acid groups (broad SMARTS) is 1. The van der Waals surface area contributed by atoms with Crippen molar-refractivity contribution in [1.29, 1.82) is 0 Å². The number of fused-ring (bicyclic) bond motifs is 4. The molecule has 37 heteroatoms. The number of carbonyl (C=O) groups excluding carboxylic acids is 8. The highest BCUT2D eigenvalue weighted by Crippen LogP contribution is 2.55. The number of aromatic hydroxyl groups is 2. The van der Waals surface area contributed by atoms with Crippen LogP contribution in [0, 0.1) is 18.8 Å². The third kappa shape index (κ3) is 12.8. The number of thioether (sulfide) groups is 2. The second kappa shape index (κ2) is 27.3. The van der Waals surface area contributed by atoms with Gasteiger partial charge in [0.25, 0.3) is 21.8 Å². The predicted octanol–water partition coefficient (Wildman–Crippen LogP) is -0.918. The number of nitrogens with zero attached hydrogens (tertiary/aromatic N) is 9. The summed E-state index contributed by atoms with van der Waals surface area (Å²) in [6.45, 7) is 5.39. The lowest BCUT2D eigenvalue weighted by atomic mass is 9.55. The third-order valence-corrected chi connectivity index (χ3v) is 20.1. The summed E-state index contributed by atoms with van der Waals surface area (Å²) in [7, 11) is 0.974. The molecule has 5 aromatic rings. The number of ketones is 2. The number of phenols is 2. The highest BCUT2D eigenvalue weighted by atomic mass is 32.2. The van der Waals surface area contributed by atoms with Gasteiger partial charge in [-0.15, -0.1) is 16.9 Å². The van der Waals surface area contributed by atoms with E-state index >= 15 is 0 Å². The van der Waals surface area contributed by atoms with Gasteiger partial charge in [0.1, 0.15) is 57.5 Å². The number of nitrogens with one attached hydrogen (secondary N) is 3. The summed E-state index contributed by atoms with van der Waals surface area (Å²) < 4.78 is 32.3. The van der Waals surface area contributed by atoms with Crippen LogP contribution >= 0.6 is 23.5 Å². The van der Waals surface area contributed by atoms with Crippen LogP contribution in [0.1, 0.15) is 53.1 Å². The minimum absolute atomic E-state index is 0. The number of likely N-dealkylation sites (N-methyl/N-ethyl adjacent to an activating group) is 2. The number of anilines is 2. The van der Waals surface area contributed by atoms with E-state index in [0.717, 1.165) is 4.90 Å². The smallest absolute Gasteiger partial charge is 0.352 e. The quantitative estimate of drug-likeness (QED) is 0.0210. The van der Waals surface area contributed by atoms with E-state index in [-0.39, 0.29) is 69.1 Å². The van der Waals surface area contributed by atoms with Gasteiger partial charge in [0.05, 0.1) is 28.5 Å². The summed E-state index contributed by atoms with van der Waals surface area (Å²) >= 11 is 2.49. The molecule has 2 saturated heterocycles. The Morgan fingerprint density at radius 1 is 0.968 bits per heavy atom. The van der Waals surface area contributed by atoms with Crippen LogP contribution in [0.5, 0.6) is 11.5 Å². The fraction of sp³-hybridized carbons (Fsp3) is 0.351. The SMILES string of the molecule is CCN1CCN(C(=O)N[C@@H](C(=O)N[C@@H]2C(=O)N3C(C(=O)O)=C(CSc4nnnn4C)CS[C@H]23)c2ccc(O)cc2)C(=O)C1=O.C[C@H]1c2cccc(O)c2C(=O)C2=C(O)[C@]3(O)C(=O)C(C(N)=O)=C(O)[C@@H](N(C)C)[C@@H]3[C@@H](O)[C@@H]21.Cc1cc(NS(=O)(=O)c2ccc(N)cc2)no1.O. The topological polar surface area (TPSA) is 532 Å². The Hall–Kier alpha value is -9.92. The minimum atomic E-state index is -3.64. The number of aliphatic hydroxyl groups is 4. The molecule has 0 unspecified atom stereocenters. The van der Waals surface area contributed by atoms with Crippen molar-refractivity contribution in [3.05, 3.63) is 129 Å². The zero-order valence-electron chi connectivity index (χ0n) is 50.5. The van der Waals surface area contributed by atoms with Crippen molar-refractivity contribution in [2.75, 3.05) is 55.7 Å². The van der Waals surface area contributed by atoms with Crippen LogP contribution in [-0.4, -0.2) is 222 Å². The summed E-state index contributed by atoms with van der Waals surface area (Å²) in [5, 5.41) is 94.2. The first-order valence-corrected chi connectivity index (χ1v) is 31.6. The number of aliphatic hydroxyl groups excluding tert-OH is 3. The Morgan fingerprint density at radius 2 is 1.64 bits per heavy atom. The molecule has 7 amide bonds. The minimum Gasteiger partial charge on any atom is -0.510 e. The Balaban J connectivity index is 0.000000197. The van der Waals surface area contributed by atoms with Crippen LogP contribution in [0.15, 0.2) is 121 Å². The van der Waals surface area contributed by atoms with Gasteiger partial charge in [-0.05, 0) is 103 Å². The van der Waals surface area contributed by atoms with Crippen LogP contribution in [-0.2, 0) is 50.6 Å². The number of piperazine rings is 1. The van der Waals surface area contributed by atoms with Crippen LogP contribution in [0.3, 0.4) is 0 Å². The van der Waals surface area contributed by atoms with Crippen molar-refractivity contribution >= 4 is 98.2 Å². The van der Waals surface area contributed by atoms with Gasteiger partial charge in [0.15, 0.2) is 17.2 Å². The van der Waals surface area contributed by atoms with Crippen molar-refractivity contribution in [3.8, 4) is 11.5 Å². The number of amides is 7. The zero-order chi connectivity index (χ0) is 68.0. The van der Waals surface area contributed by atoms with Crippen molar-refractivity contribution < 1.29 is 97.3 Å². The number of rotatable bonds is 14. The number of phenolic OH excluding ortho intramolecular Hbond substituents is 2. The molecule has 2 fully saturated rings. The number of sulfonamides is 1. The average Bonchev–Trinajstić information content (AvgIpc) is 0.820. The number of nitrogens with two attached hydrogens (primary N) is 2. The summed E-state index contributed by atoms with van der Waals surface area (Å²) in [6, 6.07) is 12.4. The number of carbonyl (C=O) groups is 9. The first kappa shape index (κ1) is 70.0. The van der Waals surface area contributed by atoms with Gasteiger partial charge in [0.2, 0.25) is 16.8 Å². The number of aliphatic carboxylic acids is 1. The molecule has 3 aliphatic heterocycles. The lowest BCUT2D eigenvalue weighted by Crippen LogP contribution is -2.71. The molecule has 0 spiro atoms. The van der Waals surface area contributed by atoms with Gasteiger partial charge >= 0.3 is 23.8 Å². The number of nitrogen functional groups attached to an aromatic ring is 1. The predicted molar refractivity (Wildman–Crippen MR) is 329 cm³/mol. The van der Waals surface area contributed by atoms with E-state index in [4.69, 9.17) is 16.0 Å². The van der Waals surface area contributed by atoms with Gasteiger partial charge in [-0.25, -0.2) is 22.7 Å². The second-order valence-electron chi connectivity index (χ2n) is 22.1. The maximum atomic E-state index is 13.6. The third-order valence-electron chi connectivity index (χ3n) is 16.2. The van der Waals surface area contributed by atoms with E-state index < -0.39 is 139 Å². The van der Waals surface area contributed by atoms with E-state index in [1.54, 1.807) is 40.0 Å². The van der Waals surface area contributed by atoms with Gasteiger partial charge in [-0.3, -0.25) is 53.0 Å². The Morgan fingerprint density at radius 3 is 2.22 bits per heavy atom. The maximum Gasteiger partial charge on any atom is 0.352 e. The molecule has 9 atom stereocenters. The molecule has 3 aromatic carbocycles. The fourth-order valence-corrected chi connectivity index (χ4v) is 15.0. The zero-order valence-corrected chi connectivity index (χ0v) is 53.0. The molecule has 16 N–H and O–H groups in total. The van der Waals surface area contributed by atoms with Gasteiger partial charge in [-0.1, -0.05) is 48.1 Å². The molecule has 0 bridgehead atoms. The molecule has 94 heavy (non-hydrogen) atoms. The van der Waals surface area contributed by atoms with Gasteiger partial charge in [-0.2, -0.15) is 0 Å². The molecule has 6 aliphatic rings. The van der Waals surface area contributed by atoms with E-state index in [1.165, 1.54) is 113 Å². The number of benzene rings is 3. The number of imide groups is 1. The van der Waals surface area contributed by atoms with Crippen molar-refractivity contribution in [1.82, 2.24) is 55.6 Å². The Kier molecular flexibility index (Phi) is 20.3. The van der Waals surface area contributed by atoms with E-state index in [1.807, 2.05) is 0 Å². The van der Waals surface area contributed by atoms with Crippen LogP contribution in [0.2, 0.25) is 0 Å². The normalized spacial score (nSPS) is 23.4. The summed E-state index contributed by atoms with van der Waals surface area (Å²) in [5.41, 5.74) is 7.88. The van der Waals surface area contributed by atoms with E-state index in [9.17, 15) is 87.3 Å². The highest BCUT2D eigenvalue weighted by Gasteiger charge is 2.67. The van der Waals surface area contributed by atoms with Gasteiger partial charge in [0, 0.05) is 61.4 Å². The molecule has 2 aromatic heterocycles. The number of Topliss-reactive ketones (excluding diaryl/α,β-unsaturated/α-hetero) is 2. The molecule has 3 aliphatic carbocycles. The first-order chi connectivity index (χ1) is 43.8. The van der Waals surface area contributed by atoms with Crippen molar-refractivity contribution in [3.63, 3.8) is 0 Å². The lowest BCUT2D eigenvalue weighted by molar-refractivity contribution is -0.162. The molecule has 500 valence electrons. The number of hydrogen-bond acceptors (Lipinski definition) is 26. The molecule has 11 rings (SSSR count). The molecule has 0 saturated carbocycles. The second-order valence-corrected chi connectivity index (χ2v) is 25.9. The number of urea groups is 1. The number of aryl methyl sites for hydroxylation is 2. The number of β-lactam (4-membered cyclic amide) rings is 1. The van der Waals surface area contributed by atoms with Crippen LogP contribution < -0.4 is 26.8 Å². The molecular formula is C57H64N14O20S3. The molecule has 5 heterocycles. The fourth-order valence-electron chi connectivity index (χ4n) is 11.7. The van der Waals surface area contributed by atoms with Crippen LogP contribution in [0.25, 0.3) is 0 Å². The monoisotopic (exact) mass is 1360 g/mol. The number of tetrazole rings is 1. The van der Waals surface area contributed by atoms with E-state index in [0.29, 0.717) is 39.2 Å². The average molecular weight is 1360 g/mol. The lowest BCUT2D eigenvalue weighted by Gasteiger charge is -2.53. The summed E-state index contributed by atoms with van der Waals surface area (Å²) in [4.78, 5) is 120. The largest absolute Gasteiger partial charge is 0.510 e. The van der Waals surface area contributed by atoms with Crippen molar-refractivity contribution in [2.45, 2.75) is 71.9 Å². The highest BCUT2D eigenvalue weighted by molar-refractivity contribution is 8.01. The number of aromatic nitrogens is 5. The summed E-state index contributed by atoms with van der Waals surface area (Å²) in [6.07, 6.45) is -1.59. The first-order valence-electron chi connectivity index (χ1n) is 28.1. The number of carboxylic acids is 1.